The van der Waals surface area contributed by atoms with Crippen molar-refractivity contribution in [2.75, 3.05) is 13.2 Å². The van der Waals surface area contributed by atoms with Crippen molar-refractivity contribution in [3.8, 4) is 0 Å². The highest BCUT2D eigenvalue weighted by atomic mass is 16.5. The fourth-order valence-electron chi connectivity index (χ4n) is 3.23. The molecule has 0 radical (unpaired) electrons. The van der Waals surface area contributed by atoms with Crippen molar-refractivity contribution in [1.29, 1.82) is 0 Å². The third-order valence-electron chi connectivity index (χ3n) is 5.11. The average molecular weight is 310 g/mol. The fourth-order valence-corrected chi connectivity index (χ4v) is 3.23. The van der Waals surface area contributed by atoms with E-state index in [4.69, 9.17) is 9.26 Å². The maximum Gasteiger partial charge on any atom is 0.225 e. The minimum Gasteiger partial charge on any atom is -0.394 e. The number of carbonyl (C=O) groups excluding carboxylic acids is 1. The Bertz CT molecular complexity index is 533. The van der Waals surface area contributed by atoms with Gasteiger partial charge in [-0.1, -0.05) is 19.0 Å². The minimum atomic E-state index is -0.636. The summed E-state index contributed by atoms with van der Waals surface area (Å²) < 4.78 is 10.8. The van der Waals surface area contributed by atoms with Crippen LogP contribution in [0.5, 0.6) is 0 Å². The molecule has 2 atom stereocenters. The summed E-state index contributed by atoms with van der Waals surface area (Å²) in [5, 5.41) is 16.7. The zero-order valence-corrected chi connectivity index (χ0v) is 14.0. The summed E-state index contributed by atoms with van der Waals surface area (Å²) in [7, 11) is 0. The largest absolute Gasteiger partial charge is 0.394 e. The fraction of sp³-hybridized carbons (Fsp3) is 0.750. The summed E-state index contributed by atoms with van der Waals surface area (Å²) in [6, 6.07) is 0. The van der Waals surface area contributed by atoms with Crippen molar-refractivity contribution in [1.82, 2.24) is 10.5 Å². The van der Waals surface area contributed by atoms with Gasteiger partial charge in [0.25, 0.3) is 0 Å². The minimum absolute atomic E-state index is 0.0454. The second-order valence-electron chi connectivity index (χ2n) is 6.64. The molecule has 0 aliphatic heterocycles. The predicted octanol–water partition coefficient (Wildman–Crippen LogP) is 1.52. The molecule has 1 saturated carbocycles. The Balaban J connectivity index is 2.07. The number of carbonyl (C=O) groups is 1. The van der Waals surface area contributed by atoms with Crippen LogP contribution in [-0.4, -0.2) is 41.0 Å². The van der Waals surface area contributed by atoms with Crippen LogP contribution in [0.3, 0.4) is 0 Å². The van der Waals surface area contributed by atoms with Gasteiger partial charge in [-0.3, -0.25) is 4.79 Å². The van der Waals surface area contributed by atoms with Crippen LogP contribution in [0.25, 0.3) is 0 Å². The van der Waals surface area contributed by atoms with Gasteiger partial charge in [-0.15, -0.1) is 0 Å². The van der Waals surface area contributed by atoms with Crippen molar-refractivity contribution in [2.24, 2.45) is 5.41 Å². The van der Waals surface area contributed by atoms with Crippen molar-refractivity contribution in [3.05, 3.63) is 17.0 Å². The topological polar surface area (TPSA) is 84.6 Å². The van der Waals surface area contributed by atoms with Gasteiger partial charge in [0, 0.05) is 24.0 Å². The van der Waals surface area contributed by atoms with Gasteiger partial charge < -0.3 is 19.7 Å². The van der Waals surface area contributed by atoms with Crippen LogP contribution in [0, 0.1) is 19.3 Å². The molecule has 1 amide bonds. The molecule has 1 aromatic rings. The summed E-state index contributed by atoms with van der Waals surface area (Å²) in [4.78, 5) is 12.4. The highest BCUT2D eigenvalue weighted by Crippen LogP contribution is 2.51. The van der Waals surface area contributed by atoms with E-state index in [-0.39, 0.29) is 30.5 Å². The van der Waals surface area contributed by atoms with Crippen LogP contribution in [0.2, 0.25) is 0 Å². The van der Waals surface area contributed by atoms with Crippen molar-refractivity contribution < 1.29 is 19.2 Å². The molecule has 0 aromatic carbocycles. The third-order valence-corrected chi connectivity index (χ3v) is 5.11. The maximum absolute atomic E-state index is 12.4. The number of aromatic nitrogens is 1. The molecule has 1 aromatic heterocycles. The summed E-state index contributed by atoms with van der Waals surface area (Å²) >= 11 is 0. The number of hydrogen-bond donors (Lipinski definition) is 2. The van der Waals surface area contributed by atoms with Crippen molar-refractivity contribution in [3.63, 3.8) is 0 Å². The quantitative estimate of drug-likeness (QED) is 0.832. The van der Waals surface area contributed by atoms with Crippen molar-refractivity contribution >= 4 is 5.91 Å². The van der Waals surface area contributed by atoms with Crippen LogP contribution >= 0.6 is 0 Å². The molecular weight excluding hydrogens is 284 g/mol. The van der Waals surface area contributed by atoms with E-state index in [9.17, 15) is 9.90 Å². The van der Waals surface area contributed by atoms with E-state index in [0.29, 0.717) is 18.8 Å². The van der Waals surface area contributed by atoms with Crippen LogP contribution in [0.1, 0.15) is 44.2 Å². The van der Waals surface area contributed by atoms with E-state index in [0.717, 1.165) is 11.3 Å². The highest BCUT2D eigenvalue weighted by Gasteiger charge is 2.61. The van der Waals surface area contributed by atoms with E-state index in [1.54, 1.807) is 6.92 Å². The normalized spacial score (nSPS) is 26.5. The van der Waals surface area contributed by atoms with Gasteiger partial charge in [0.15, 0.2) is 0 Å². The summed E-state index contributed by atoms with van der Waals surface area (Å²) in [5.41, 5.74) is 0.588. The van der Waals surface area contributed by atoms with Gasteiger partial charge >= 0.3 is 0 Å². The molecule has 1 aliphatic carbocycles. The third kappa shape index (κ3) is 2.65. The Morgan fingerprint density at radius 3 is 2.64 bits per heavy atom. The average Bonchev–Trinajstić information content (AvgIpc) is 2.77. The first-order valence-corrected chi connectivity index (χ1v) is 7.72. The number of hydrogen-bond acceptors (Lipinski definition) is 5. The van der Waals surface area contributed by atoms with Crippen LogP contribution < -0.4 is 5.32 Å². The van der Waals surface area contributed by atoms with E-state index in [2.05, 4.69) is 10.5 Å². The number of nitrogens with one attached hydrogen (secondary N) is 1. The molecule has 0 bridgehead atoms. The molecule has 2 rings (SSSR count). The Hall–Kier alpha value is -1.40. The second kappa shape index (κ2) is 6.01. The first kappa shape index (κ1) is 17.0. The Morgan fingerprint density at radius 1 is 1.50 bits per heavy atom. The Kier molecular flexibility index (Phi) is 4.63. The molecule has 1 heterocycles. The van der Waals surface area contributed by atoms with E-state index >= 15 is 0 Å². The molecular formula is C16H26N2O4. The zero-order valence-electron chi connectivity index (χ0n) is 14.0. The number of rotatable bonds is 6. The molecule has 0 saturated heterocycles. The van der Waals surface area contributed by atoms with Gasteiger partial charge in [-0.25, -0.2) is 0 Å². The number of aryl methyl sites for hydroxylation is 2. The standard InChI is InChI=1S/C16H26N2O4/c1-6-21-13-8-16(9-19,15(13,4)5)17-14(20)7-12-10(2)18-22-11(12)3/h13,19H,6-9H2,1-5H3,(H,17,20)/t13-,16+/m1/s1. The second-order valence-corrected chi connectivity index (χ2v) is 6.64. The molecule has 2 N–H and O–H groups in total. The van der Waals surface area contributed by atoms with E-state index in [1.165, 1.54) is 0 Å². The molecule has 1 fully saturated rings. The molecule has 6 nitrogen and oxygen atoms in total. The zero-order chi connectivity index (χ0) is 16.5. The molecule has 6 heteroatoms. The Morgan fingerprint density at radius 2 is 2.18 bits per heavy atom. The van der Waals surface area contributed by atoms with E-state index < -0.39 is 5.54 Å². The smallest absolute Gasteiger partial charge is 0.225 e. The van der Waals surface area contributed by atoms with Gasteiger partial charge in [0.2, 0.25) is 5.91 Å². The number of nitrogens with zero attached hydrogens (tertiary/aromatic N) is 1. The molecule has 1 aliphatic rings. The van der Waals surface area contributed by atoms with Gasteiger partial charge in [-0.2, -0.15) is 0 Å². The SMILES string of the molecule is CCO[C@@H]1C[C@@](CO)(NC(=O)Cc2c(C)noc2C)C1(C)C. The lowest BCUT2D eigenvalue weighted by Crippen LogP contribution is -2.74. The summed E-state index contributed by atoms with van der Waals surface area (Å²) in [5.74, 6) is 0.525. The molecule has 124 valence electrons. The lowest BCUT2D eigenvalue weighted by Gasteiger charge is -2.60. The predicted molar refractivity (Wildman–Crippen MR) is 81.5 cm³/mol. The van der Waals surface area contributed by atoms with Crippen molar-refractivity contribution in [2.45, 2.75) is 59.1 Å². The monoisotopic (exact) mass is 310 g/mol. The summed E-state index contributed by atoms with van der Waals surface area (Å²) in [6.45, 7) is 10.1. The lowest BCUT2D eigenvalue weighted by atomic mass is 9.54. The van der Waals surface area contributed by atoms with Gasteiger partial charge in [-0.05, 0) is 20.8 Å². The number of aliphatic hydroxyl groups is 1. The van der Waals surface area contributed by atoms with Crippen LogP contribution in [-0.2, 0) is 16.0 Å². The molecule has 0 unspecified atom stereocenters. The van der Waals surface area contributed by atoms with Crippen LogP contribution in [0.15, 0.2) is 4.52 Å². The van der Waals surface area contributed by atoms with Gasteiger partial charge in [0.05, 0.1) is 30.4 Å². The first-order chi connectivity index (χ1) is 10.3. The van der Waals surface area contributed by atoms with E-state index in [1.807, 2.05) is 27.7 Å². The lowest BCUT2D eigenvalue weighted by molar-refractivity contribution is -0.180. The first-order valence-electron chi connectivity index (χ1n) is 7.72. The van der Waals surface area contributed by atoms with Gasteiger partial charge in [0.1, 0.15) is 5.76 Å². The maximum atomic E-state index is 12.4. The number of amides is 1. The summed E-state index contributed by atoms with van der Waals surface area (Å²) in [6.07, 6.45) is 0.875. The Labute approximate surface area is 131 Å². The number of ether oxygens (including phenoxy) is 1. The molecule has 22 heavy (non-hydrogen) atoms. The number of aliphatic hydroxyl groups excluding tert-OH is 1. The molecule has 0 spiro atoms. The highest BCUT2D eigenvalue weighted by molar-refractivity contribution is 5.80. The van der Waals surface area contributed by atoms with Crippen LogP contribution in [0.4, 0.5) is 0 Å².